The van der Waals surface area contributed by atoms with Crippen molar-refractivity contribution in [2.75, 3.05) is 12.3 Å². The lowest BCUT2D eigenvalue weighted by atomic mass is 10.2. The predicted octanol–water partition coefficient (Wildman–Crippen LogP) is 2.92. The van der Waals surface area contributed by atoms with E-state index in [1.807, 2.05) is 0 Å². The van der Waals surface area contributed by atoms with E-state index in [0.717, 1.165) is 4.57 Å². The Kier molecular flexibility index (Phi) is 6.90. The van der Waals surface area contributed by atoms with Crippen LogP contribution in [0.15, 0.2) is 47.4 Å². The third-order valence-corrected chi connectivity index (χ3v) is 4.29. The lowest BCUT2D eigenvalue weighted by Crippen LogP contribution is -2.37. The van der Waals surface area contributed by atoms with E-state index >= 15 is 0 Å². The number of nitrogens with zero attached hydrogens (tertiary/aromatic N) is 2. The molecule has 142 valence electrons. The van der Waals surface area contributed by atoms with E-state index in [1.54, 1.807) is 30.3 Å². The molecule has 0 aliphatic heterocycles. The lowest BCUT2D eigenvalue weighted by molar-refractivity contribution is -0.213. The molecule has 2 rings (SSSR count). The van der Waals surface area contributed by atoms with Crippen molar-refractivity contribution in [3.8, 4) is 5.75 Å². The maximum atomic E-state index is 14.9. The summed E-state index contributed by atoms with van der Waals surface area (Å²) in [6.07, 6.45) is 0.296. The van der Waals surface area contributed by atoms with Gasteiger partial charge in [-0.15, -0.1) is 0 Å². The molecule has 0 aliphatic rings. The first-order valence-electron chi connectivity index (χ1n) is 7.94. The number of hydrogen-bond acceptors (Lipinski definition) is 7. The fraction of sp³-hybridized carbons (Fsp3) is 0.375. The number of hydrogen-bond donors (Lipinski definition) is 1. The number of rotatable bonds is 9. The molecule has 0 fully saturated rings. The molecule has 0 saturated heterocycles. The van der Waals surface area contributed by atoms with E-state index in [4.69, 9.17) is 19.5 Å². The van der Waals surface area contributed by atoms with Gasteiger partial charge in [0, 0.05) is 12.6 Å². The molecule has 2 aromatic rings. The van der Waals surface area contributed by atoms with Gasteiger partial charge >= 0.3 is 13.9 Å². The highest BCUT2D eigenvalue weighted by molar-refractivity contribution is 7.33. The monoisotopic (exact) mass is 385 g/mol. The fourth-order valence-electron chi connectivity index (χ4n) is 2.07. The average Bonchev–Trinajstić information content (AvgIpc) is 2.61. The Balaban J connectivity index is 1.96. The minimum absolute atomic E-state index is 0.0560. The molecule has 1 unspecified atom stereocenters. The second-order valence-corrected chi connectivity index (χ2v) is 6.44. The summed E-state index contributed by atoms with van der Waals surface area (Å²) in [5.41, 5.74) is 4.75. The minimum Gasteiger partial charge on any atom is -0.426 e. The largest absolute Gasteiger partial charge is 0.426 e. The van der Waals surface area contributed by atoms with Crippen LogP contribution in [-0.4, -0.2) is 22.0 Å². The van der Waals surface area contributed by atoms with Crippen molar-refractivity contribution in [1.82, 2.24) is 9.55 Å². The summed E-state index contributed by atoms with van der Waals surface area (Å²) in [6, 6.07) is 9.80. The predicted molar refractivity (Wildman–Crippen MR) is 94.9 cm³/mol. The van der Waals surface area contributed by atoms with Crippen molar-refractivity contribution in [2.45, 2.75) is 32.4 Å². The van der Waals surface area contributed by atoms with Crippen molar-refractivity contribution in [3.05, 3.63) is 53.1 Å². The molecule has 1 heterocycles. The Morgan fingerprint density at radius 2 is 2.04 bits per heavy atom. The third-order valence-electron chi connectivity index (χ3n) is 3.50. The van der Waals surface area contributed by atoms with Crippen LogP contribution in [0.5, 0.6) is 5.75 Å². The van der Waals surface area contributed by atoms with Gasteiger partial charge < -0.3 is 15.0 Å². The van der Waals surface area contributed by atoms with Crippen LogP contribution in [0, 0.1) is 0 Å². The van der Waals surface area contributed by atoms with Gasteiger partial charge in [0.2, 0.25) is 5.85 Å². The van der Waals surface area contributed by atoms with Crippen LogP contribution in [0.25, 0.3) is 0 Å². The number of nitrogen functional groups attached to an aromatic ring is 1. The number of nitrogens with two attached hydrogens (primary N) is 1. The molecule has 0 saturated carbocycles. The van der Waals surface area contributed by atoms with Gasteiger partial charge in [-0.3, -0.25) is 9.09 Å². The summed E-state index contributed by atoms with van der Waals surface area (Å²) >= 11 is 0. The van der Waals surface area contributed by atoms with E-state index in [9.17, 15) is 13.8 Å². The van der Waals surface area contributed by atoms with Gasteiger partial charge in [-0.25, -0.2) is 13.8 Å². The third kappa shape index (κ3) is 5.66. The standard InChI is InChI=1S/C16H21FN3O5P/c1-3-16(17,11-23-26(22)25-13-7-5-4-6-8-13)24-12(2)20-10-9-14(18)19-15(20)21/h4-10,12,26H,3,11H2,1-2H3,(H2,18,19,21)/t12-,16+/m1/s1. The van der Waals surface area contributed by atoms with Gasteiger partial charge in [0.1, 0.15) is 24.4 Å². The molecule has 2 N–H and O–H groups in total. The Labute approximate surface area is 150 Å². The zero-order valence-corrected chi connectivity index (χ0v) is 15.4. The quantitative estimate of drug-likeness (QED) is 0.662. The summed E-state index contributed by atoms with van der Waals surface area (Å²) in [4.78, 5) is 15.4. The van der Waals surface area contributed by atoms with E-state index in [0.29, 0.717) is 5.75 Å². The van der Waals surface area contributed by atoms with Gasteiger partial charge in [0.25, 0.3) is 0 Å². The number of benzene rings is 1. The lowest BCUT2D eigenvalue weighted by Gasteiger charge is -2.28. The molecule has 0 amide bonds. The van der Waals surface area contributed by atoms with Gasteiger partial charge in [0.05, 0.1) is 0 Å². The zero-order valence-electron chi connectivity index (χ0n) is 14.4. The molecule has 0 spiro atoms. The van der Waals surface area contributed by atoms with Crippen LogP contribution < -0.4 is 15.9 Å². The number of halogens is 1. The van der Waals surface area contributed by atoms with E-state index in [2.05, 4.69) is 4.98 Å². The first-order chi connectivity index (χ1) is 12.3. The van der Waals surface area contributed by atoms with Crippen molar-refractivity contribution < 1.29 is 22.7 Å². The normalized spacial score (nSPS) is 15.8. The Hall–Kier alpha value is -2.22. The average molecular weight is 385 g/mol. The zero-order chi connectivity index (χ0) is 19.2. The molecule has 8 nitrogen and oxygen atoms in total. The molecule has 3 atom stereocenters. The first kappa shape index (κ1) is 20.1. The van der Waals surface area contributed by atoms with Crippen LogP contribution in [0.4, 0.5) is 10.2 Å². The van der Waals surface area contributed by atoms with Crippen LogP contribution in [0.2, 0.25) is 0 Å². The van der Waals surface area contributed by atoms with Crippen LogP contribution in [-0.2, 0) is 13.8 Å². The highest BCUT2D eigenvalue weighted by atomic mass is 31.1. The Bertz CT molecular complexity index is 804. The van der Waals surface area contributed by atoms with Gasteiger partial charge in [-0.2, -0.15) is 4.98 Å². The molecular formula is C16H21FN3O5P. The minimum atomic E-state index is -2.96. The van der Waals surface area contributed by atoms with E-state index in [1.165, 1.54) is 26.1 Å². The second kappa shape index (κ2) is 8.93. The smallest absolute Gasteiger partial charge is 0.368 e. The van der Waals surface area contributed by atoms with Crippen LogP contribution in [0.1, 0.15) is 26.5 Å². The number of para-hydroxylation sites is 1. The highest BCUT2D eigenvalue weighted by Gasteiger charge is 2.33. The summed E-state index contributed by atoms with van der Waals surface area (Å²) in [6.45, 7) is 2.40. The number of anilines is 1. The van der Waals surface area contributed by atoms with E-state index in [-0.39, 0.29) is 12.2 Å². The summed E-state index contributed by atoms with van der Waals surface area (Å²) in [5.74, 6) is -1.85. The molecule has 0 aliphatic carbocycles. The number of alkyl halides is 1. The Morgan fingerprint density at radius 3 is 2.65 bits per heavy atom. The summed E-state index contributed by atoms with van der Waals surface area (Å²) in [5, 5.41) is 0. The SMILES string of the molecule is CC[C@@](F)(CO[PH](=O)Oc1ccccc1)O[C@H](C)n1ccc(N)nc1=O. The van der Waals surface area contributed by atoms with Crippen LogP contribution >= 0.6 is 8.25 Å². The first-order valence-corrected chi connectivity index (χ1v) is 9.16. The van der Waals surface area contributed by atoms with E-state index < -0.39 is 32.6 Å². The van der Waals surface area contributed by atoms with Gasteiger partial charge in [0.15, 0.2) is 0 Å². The molecular weight excluding hydrogens is 364 g/mol. The highest BCUT2D eigenvalue weighted by Crippen LogP contribution is 2.32. The molecule has 0 radical (unpaired) electrons. The summed E-state index contributed by atoms with van der Waals surface area (Å²) < 4.78 is 43.2. The second-order valence-electron chi connectivity index (χ2n) is 5.45. The van der Waals surface area contributed by atoms with Crippen molar-refractivity contribution in [1.29, 1.82) is 0 Å². The molecule has 0 bridgehead atoms. The van der Waals surface area contributed by atoms with Crippen molar-refractivity contribution >= 4 is 14.1 Å². The maximum Gasteiger partial charge on any atom is 0.368 e. The van der Waals surface area contributed by atoms with Crippen molar-refractivity contribution in [3.63, 3.8) is 0 Å². The topological polar surface area (TPSA) is 106 Å². The summed E-state index contributed by atoms with van der Waals surface area (Å²) in [7, 11) is -2.96. The molecule has 26 heavy (non-hydrogen) atoms. The van der Waals surface area contributed by atoms with Gasteiger partial charge in [-0.1, -0.05) is 25.1 Å². The fourth-order valence-corrected chi connectivity index (χ4v) is 2.79. The molecule has 10 heteroatoms. The maximum absolute atomic E-state index is 14.9. The number of aromatic nitrogens is 2. The van der Waals surface area contributed by atoms with Crippen LogP contribution in [0.3, 0.4) is 0 Å². The van der Waals surface area contributed by atoms with Gasteiger partial charge in [-0.05, 0) is 25.1 Å². The molecule has 1 aromatic heterocycles. The number of ether oxygens (including phenoxy) is 1. The molecule has 1 aromatic carbocycles. The van der Waals surface area contributed by atoms with Crippen molar-refractivity contribution in [2.24, 2.45) is 0 Å². The Morgan fingerprint density at radius 1 is 1.35 bits per heavy atom.